The van der Waals surface area contributed by atoms with Gasteiger partial charge in [-0.1, -0.05) is 0 Å². The molecule has 0 atom stereocenters. The van der Waals surface area contributed by atoms with E-state index in [1.807, 2.05) is 0 Å². The number of hydrogen-bond donors (Lipinski definition) is 0. The predicted molar refractivity (Wildman–Crippen MR) is 11.3 cm³/mol. The predicted octanol–water partition coefficient (Wildman–Crippen LogP) is -1.36. The summed E-state index contributed by atoms with van der Waals surface area (Å²) in [6.45, 7) is 0. The normalized spacial score (nSPS) is 7.88. The van der Waals surface area contributed by atoms with Crippen LogP contribution in [0.5, 0.6) is 0 Å². The molecular formula is HInNbO6. The van der Waals surface area contributed by atoms with Gasteiger partial charge in [-0.2, -0.15) is 0 Å². The Morgan fingerprint density at radius 3 is 0.750 bits per heavy atom. The fraction of sp³-hybridized carbons (Fsp3) is 0. The van der Waals surface area contributed by atoms with Gasteiger partial charge in [0.05, 0.1) is 0 Å². The van der Waals surface area contributed by atoms with Crippen molar-refractivity contribution in [2.24, 2.45) is 0 Å². The molecule has 0 saturated heterocycles. The van der Waals surface area contributed by atoms with E-state index in [1.165, 1.54) is 0 Å². The standard InChI is InChI=1S/In.Nb.6O.H. The fourth-order valence-corrected chi connectivity index (χ4v) is 0. The molecule has 0 fully saturated rings. The maximum absolute atomic E-state index is 8.66. The Hall–Kier alpha value is 0.410. The molecule has 0 aromatic carbocycles. The van der Waals surface area contributed by atoms with Crippen molar-refractivity contribution in [1.82, 2.24) is 0 Å². The number of rotatable bonds is 0. The van der Waals surface area contributed by atoms with E-state index in [9.17, 15) is 0 Å². The third kappa shape index (κ3) is 1110. The van der Waals surface area contributed by atoms with Gasteiger partial charge in [0, 0.05) is 0 Å². The van der Waals surface area contributed by atoms with E-state index >= 15 is 0 Å². The molecule has 0 rings (SSSR count). The fourth-order valence-electron chi connectivity index (χ4n) is 0. The molecule has 0 aromatic heterocycles. The van der Waals surface area contributed by atoms with Crippen LogP contribution in [0.25, 0.3) is 0 Å². The Balaban J connectivity index is 0. The van der Waals surface area contributed by atoms with Crippen molar-refractivity contribution in [3.05, 3.63) is 0 Å². The zero-order valence-corrected chi connectivity index (χ0v) is 9.84. The molecule has 0 saturated carbocycles. The Labute approximate surface area is 58.9 Å². The van der Waals surface area contributed by atoms with Gasteiger partial charge in [-0.05, 0) is 0 Å². The molecule has 45 valence electrons. The molecule has 0 spiro atoms. The molecule has 0 aliphatic carbocycles. The van der Waals surface area contributed by atoms with E-state index in [0.29, 0.717) is 0 Å². The second-order valence-electron chi connectivity index (χ2n) is 0.745. The summed E-state index contributed by atoms with van der Waals surface area (Å²) in [6, 6.07) is 0. The van der Waals surface area contributed by atoms with Crippen LogP contribution < -0.4 is 0 Å². The Morgan fingerprint density at radius 1 is 0.750 bits per heavy atom. The van der Waals surface area contributed by atoms with Crippen molar-refractivity contribution in [2.75, 3.05) is 0 Å². The van der Waals surface area contributed by atoms with Crippen LogP contribution >= 0.6 is 0 Å². The molecular weight excluding hydrogens is 304 g/mol. The molecule has 8 heteroatoms. The third-order valence-electron chi connectivity index (χ3n) is 0. The SMILES string of the molecule is [O]=[InH].[O]=[Nb](=[O])(=[O])(=[O])=[O]. The first-order valence-corrected chi connectivity index (χ1v) is 7.34. The quantitative estimate of drug-likeness (QED) is 0.512. The van der Waals surface area contributed by atoms with Gasteiger partial charge < -0.3 is 0 Å². The summed E-state index contributed by atoms with van der Waals surface area (Å²) in [5, 5.41) is 0. The summed E-state index contributed by atoms with van der Waals surface area (Å²) in [7, 11) is 0. The maximum atomic E-state index is 8.66. The van der Waals surface area contributed by atoms with Crippen LogP contribution in [0.4, 0.5) is 0 Å². The molecule has 0 heterocycles. The topological polar surface area (TPSA) is 102 Å². The molecule has 0 aromatic rings. The first-order chi connectivity index (χ1) is 3.24. The van der Waals surface area contributed by atoms with Crippen molar-refractivity contribution < 1.29 is 34.8 Å². The van der Waals surface area contributed by atoms with E-state index in [2.05, 4.69) is 0 Å². The van der Waals surface area contributed by atoms with Crippen molar-refractivity contribution in [2.45, 2.75) is 0 Å². The summed E-state index contributed by atoms with van der Waals surface area (Å²) in [5.41, 5.74) is 0. The Morgan fingerprint density at radius 2 is 0.750 bits per heavy atom. The van der Waals surface area contributed by atoms with Crippen LogP contribution in [0, 0.1) is 0 Å². The average molecular weight is 305 g/mol. The molecule has 0 aliphatic rings. The molecule has 0 unspecified atom stereocenters. The van der Waals surface area contributed by atoms with E-state index < -0.39 is 15.7 Å². The Kier molecular flexibility index (Phi) is 3.95. The van der Waals surface area contributed by atoms with E-state index in [-0.39, 0.29) is 24.4 Å². The zero-order valence-electron chi connectivity index (χ0n) is 3.60. The van der Waals surface area contributed by atoms with Crippen molar-refractivity contribution in [1.29, 1.82) is 0 Å². The van der Waals surface area contributed by atoms with Crippen molar-refractivity contribution in [3.8, 4) is 0 Å². The van der Waals surface area contributed by atoms with Gasteiger partial charge in [0.1, 0.15) is 0 Å². The van der Waals surface area contributed by atoms with Crippen LogP contribution in [0.15, 0.2) is 0 Å². The van der Waals surface area contributed by atoms with Gasteiger partial charge >= 0.3 is 59.2 Å². The molecule has 0 aliphatic heterocycles. The number of hydrogen-bond acceptors (Lipinski definition) is 6. The summed E-state index contributed by atoms with van der Waals surface area (Å²) in [6.07, 6.45) is 0. The molecule has 0 bridgehead atoms. The molecule has 8 heavy (non-hydrogen) atoms. The average Bonchev–Trinajstić information content (AvgIpc) is 1.33. The van der Waals surface area contributed by atoms with Gasteiger partial charge in [0.15, 0.2) is 0 Å². The van der Waals surface area contributed by atoms with Crippen LogP contribution in [-0.2, 0) is 34.8 Å². The van der Waals surface area contributed by atoms with Gasteiger partial charge in [-0.3, -0.25) is 0 Å². The van der Waals surface area contributed by atoms with Crippen LogP contribution in [0.3, 0.4) is 0 Å². The molecule has 0 amide bonds. The van der Waals surface area contributed by atoms with Crippen molar-refractivity contribution in [3.63, 3.8) is 0 Å². The minimum absolute atomic E-state index is 0.1000. The van der Waals surface area contributed by atoms with Crippen LogP contribution in [0.2, 0.25) is 0 Å². The molecule has 0 radical (unpaired) electrons. The van der Waals surface area contributed by atoms with Gasteiger partial charge in [-0.15, -0.1) is 0 Å². The second-order valence-corrected chi connectivity index (χ2v) is 4.41. The molecule has 6 nitrogen and oxygen atoms in total. The summed E-state index contributed by atoms with van der Waals surface area (Å²) < 4.78 is 51.7. The summed E-state index contributed by atoms with van der Waals surface area (Å²) in [4.78, 5) is 0. The van der Waals surface area contributed by atoms with Crippen LogP contribution in [-0.4, -0.2) is 24.4 Å². The first-order valence-electron chi connectivity index (χ1n) is 1.20. The molecule has 0 N–H and O–H groups in total. The van der Waals surface area contributed by atoms with Gasteiger partial charge in [0.25, 0.3) is 0 Å². The van der Waals surface area contributed by atoms with E-state index in [4.69, 9.17) is 19.1 Å². The first kappa shape index (κ1) is 11.2. The van der Waals surface area contributed by atoms with Gasteiger partial charge in [-0.25, -0.2) is 0 Å². The minimum atomic E-state index is -7.94. The third-order valence-corrected chi connectivity index (χ3v) is 0. The Bertz CT molecular complexity index is 292. The van der Waals surface area contributed by atoms with E-state index in [0.717, 1.165) is 0 Å². The zero-order chi connectivity index (χ0) is 7.45. The second kappa shape index (κ2) is 2.81. The summed E-state index contributed by atoms with van der Waals surface area (Å²) >= 11 is -8.04. The van der Waals surface area contributed by atoms with Gasteiger partial charge in [0.2, 0.25) is 0 Å². The summed E-state index contributed by atoms with van der Waals surface area (Å²) in [5.74, 6) is 0. The van der Waals surface area contributed by atoms with Crippen LogP contribution in [0.1, 0.15) is 0 Å². The van der Waals surface area contributed by atoms with Crippen molar-refractivity contribution >= 4 is 24.4 Å². The monoisotopic (exact) mass is 305 g/mol. The van der Waals surface area contributed by atoms with E-state index in [1.54, 1.807) is 0 Å².